The molecule has 2 rings (SSSR count). The van der Waals surface area contributed by atoms with Crippen LogP contribution in [0.25, 0.3) is 0 Å². The Balaban J connectivity index is 1.88. The summed E-state index contributed by atoms with van der Waals surface area (Å²) in [5.74, 6) is 5.87. The van der Waals surface area contributed by atoms with Gasteiger partial charge in [0.25, 0.3) is 5.91 Å². The maximum atomic E-state index is 12.2. The molecule has 0 spiro atoms. The first kappa shape index (κ1) is 15.5. The zero-order chi connectivity index (χ0) is 14.9. The normalized spacial score (nSPS) is 15.1. The zero-order valence-electron chi connectivity index (χ0n) is 12.3. The smallest absolute Gasteiger partial charge is 0.271 e. The van der Waals surface area contributed by atoms with Crippen LogP contribution in [0.5, 0.6) is 0 Å². The van der Waals surface area contributed by atoms with Gasteiger partial charge in [-0.15, -0.1) is 0 Å². The summed E-state index contributed by atoms with van der Waals surface area (Å²) in [7, 11) is 0. The van der Waals surface area contributed by atoms with Gasteiger partial charge in [0, 0.05) is 12.7 Å². The van der Waals surface area contributed by atoms with Gasteiger partial charge in [-0.1, -0.05) is 43.9 Å². The van der Waals surface area contributed by atoms with Gasteiger partial charge < -0.3 is 10.4 Å². The summed E-state index contributed by atoms with van der Waals surface area (Å²) in [5, 5.41) is 11.7. The second-order valence-corrected chi connectivity index (χ2v) is 5.41. The van der Waals surface area contributed by atoms with Gasteiger partial charge in [-0.05, 0) is 24.5 Å². The highest BCUT2D eigenvalue weighted by Gasteiger charge is 2.15. The van der Waals surface area contributed by atoms with Crippen LogP contribution >= 0.6 is 0 Å². The lowest BCUT2D eigenvalue weighted by molar-refractivity contribution is 0.0945. The summed E-state index contributed by atoms with van der Waals surface area (Å²) >= 11 is 0. The van der Waals surface area contributed by atoms with Gasteiger partial charge in [-0.2, -0.15) is 0 Å². The minimum absolute atomic E-state index is 0.186. The molecule has 1 saturated carbocycles. The number of pyridine rings is 1. The van der Waals surface area contributed by atoms with E-state index in [0.717, 1.165) is 12.3 Å². The summed E-state index contributed by atoms with van der Waals surface area (Å²) in [6.07, 6.45) is 9.18. The van der Waals surface area contributed by atoms with Crippen LogP contribution in [0.3, 0.4) is 0 Å². The molecule has 0 aliphatic heterocycles. The van der Waals surface area contributed by atoms with Crippen LogP contribution in [0.1, 0.15) is 54.6 Å². The van der Waals surface area contributed by atoms with Gasteiger partial charge in [0.15, 0.2) is 0 Å². The lowest BCUT2D eigenvalue weighted by Gasteiger charge is -2.21. The first-order valence-corrected chi connectivity index (χ1v) is 7.64. The lowest BCUT2D eigenvalue weighted by atomic mass is 9.87. The van der Waals surface area contributed by atoms with Crippen LogP contribution in [-0.4, -0.2) is 29.1 Å². The molecule has 1 aliphatic rings. The molecule has 4 heteroatoms. The van der Waals surface area contributed by atoms with E-state index in [1.54, 1.807) is 18.3 Å². The van der Waals surface area contributed by atoms with Crippen molar-refractivity contribution < 1.29 is 9.90 Å². The number of nitrogens with zero attached hydrogens (tertiary/aromatic N) is 1. The fraction of sp³-hybridized carbons (Fsp3) is 0.529. The fourth-order valence-corrected chi connectivity index (χ4v) is 2.77. The van der Waals surface area contributed by atoms with E-state index < -0.39 is 0 Å². The summed E-state index contributed by atoms with van der Waals surface area (Å²) in [4.78, 5) is 16.3. The maximum absolute atomic E-state index is 12.2. The molecule has 1 amide bonds. The number of hydrogen-bond acceptors (Lipinski definition) is 3. The SMILES string of the molecule is O=C(NCCC1CCCCC1)c1ncccc1C#CCO. The third-order valence-electron chi connectivity index (χ3n) is 3.89. The second-order valence-electron chi connectivity index (χ2n) is 5.41. The average molecular weight is 286 g/mol. The zero-order valence-corrected chi connectivity index (χ0v) is 12.3. The third kappa shape index (κ3) is 4.87. The summed E-state index contributed by atoms with van der Waals surface area (Å²) < 4.78 is 0. The summed E-state index contributed by atoms with van der Waals surface area (Å²) in [6, 6.07) is 3.48. The van der Waals surface area contributed by atoms with E-state index in [-0.39, 0.29) is 12.5 Å². The number of amides is 1. The van der Waals surface area contributed by atoms with E-state index in [4.69, 9.17) is 5.11 Å². The Labute approximate surface area is 126 Å². The summed E-state index contributed by atoms with van der Waals surface area (Å²) in [6.45, 7) is 0.463. The number of carbonyl (C=O) groups excluding carboxylic acids is 1. The molecule has 112 valence electrons. The monoisotopic (exact) mass is 286 g/mol. The number of rotatable bonds is 4. The van der Waals surface area contributed by atoms with Crippen molar-refractivity contribution in [2.24, 2.45) is 5.92 Å². The van der Waals surface area contributed by atoms with Crippen molar-refractivity contribution in [3.63, 3.8) is 0 Å². The Morgan fingerprint density at radius 1 is 1.38 bits per heavy atom. The van der Waals surface area contributed by atoms with Crippen LogP contribution in [0, 0.1) is 17.8 Å². The third-order valence-corrected chi connectivity index (χ3v) is 3.89. The van der Waals surface area contributed by atoms with E-state index in [1.807, 2.05) is 0 Å². The number of aromatic nitrogens is 1. The molecule has 4 nitrogen and oxygen atoms in total. The van der Waals surface area contributed by atoms with Crippen LogP contribution in [0.15, 0.2) is 18.3 Å². The van der Waals surface area contributed by atoms with E-state index >= 15 is 0 Å². The van der Waals surface area contributed by atoms with Gasteiger partial charge >= 0.3 is 0 Å². The predicted molar refractivity (Wildman–Crippen MR) is 81.7 cm³/mol. The lowest BCUT2D eigenvalue weighted by Crippen LogP contribution is -2.27. The van der Waals surface area contributed by atoms with Crippen LogP contribution in [0.2, 0.25) is 0 Å². The molecule has 2 N–H and O–H groups in total. The highest BCUT2D eigenvalue weighted by Crippen LogP contribution is 2.25. The van der Waals surface area contributed by atoms with E-state index in [0.29, 0.717) is 17.8 Å². The predicted octanol–water partition coefficient (Wildman–Crippen LogP) is 2.13. The minimum atomic E-state index is -0.225. The Morgan fingerprint density at radius 2 is 2.19 bits per heavy atom. The van der Waals surface area contributed by atoms with Gasteiger partial charge in [0.05, 0.1) is 5.56 Å². The van der Waals surface area contributed by atoms with Crippen molar-refractivity contribution in [2.75, 3.05) is 13.2 Å². The van der Waals surface area contributed by atoms with Crippen molar-refractivity contribution >= 4 is 5.91 Å². The average Bonchev–Trinajstić information content (AvgIpc) is 2.54. The first-order valence-electron chi connectivity index (χ1n) is 7.64. The van der Waals surface area contributed by atoms with Crippen LogP contribution in [0.4, 0.5) is 0 Å². The number of aliphatic hydroxyl groups excluding tert-OH is 1. The molecular formula is C17H22N2O2. The van der Waals surface area contributed by atoms with Crippen molar-refractivity contribution in [3.05, 3.63) is 29.6 Å². The Hall–Kier alpha value is -1.86. The molecule has 0 saturated heterocycles. The molecule has 1 aliphatic carbocycles. The quantitative estimate of drug-likeness (QED) is 0.833. The first-order chi connectivity index (χ1) is 10.3. The molecule has 1 aromatic heterocycles. The van der Waals surface area contributed by atoms with Crippen LogP contribution in [-0.2, 0) is 0 Å². The maximum Gasteiger partial charge on any atom is 0.271 e. The minimum Gasteiger partial charge on any atom is -0.384 e. The molecule has 0 radical (unpaired) electrons. The molecule has 0 aromatic carbocycles. The topological polar surface area (TPSA) is 62.2 Å². The second kappa shape index (κ2) is 8.43. The summed E-state index contributed by atoms with van der Waals surface area (Å²) in [5.41, 5.74) is 0.892. The van der Waals surface area contributed by atoms with Crippen molar-refractivity contribution in [3.8, 4) is 11.8 Å². The fourth-order valence-electron chi connectivity index (χ4n) is 2.77. The van der Waals surface area contributed by atoms with Crippen LogP contribution < -0.4 is 5.32 Å². The Morgan fingerprint density at radius 3 is 2.95 bits per heavy atom. The molecule has 1 fully saturated rings. The molecule has 1 aromatic rings. The largest absolute Gasteiger partial charge is 0.384 e. The van der Waals surface area contributed by atoms with E-state index in [1.165, 1.54) is 32.1 Å². The highest BCUT2D eigenvalue weighted by atomic mass is 16.2. The number of hydrogen-bond donors (Lipinski definition) is 2. The molecule has 0 unspecified atom stereocenters. The highest BCUT2D eigenvalue weighted by molar-refractivity contribution is 5.94. The number of carbonyl (C=O) groups is 1. The number of nitrogens with one attached hydrogen (secondary N) is 1. The molecule has 21 heavy (non-hydrogen) atoms. The molecule has 0 bridgehead atoms. The molecular weight excluding hydrogens is 264 g/mol. The van der Waals surface area contributed by atoms with Gasteiger partial charge in [0.1, 0.15) is 12.3 Å². The Bertz CT molecular complexity index is 525. The van der Waals surface area contributed by atoms with Gasteiger partial charge in [-0.3, -0.25) is 4.79 Å². The molecule has 0 atom stereocenters. The van der Waals surface area contributed by atoms with Crippen molar-refractivity contribution in [2.45, 2.75) is 38.5 Å². The van der Waals surface area contributed by atoms with Crippen molar-refractivity contribution in [1.29, 1.82) is 0 Å². The van der Waals surface area contributed by atoms with E-state index in [9.17, 15) is 4.79 Å². The van der Waals surface area contributed by atoms with E-state index in [2.05, 4.69) is 22.1 Å². The van der Waals surface area contributed by atoms with Gasteiger partial charge in [-0.25, -0.2) is 4.98 Å². The van der Waals surface area contributed by atoms with Gasteiger partial charge in [0.2, 0.25) is 0 Å². The Kier molecular flexibility index (Phi) is 6.23. The molecule has 1 heterocycles. The van der Waals surface area contributed by atoms with Crippen molar-refractivity contribution in [1.82, 2.24) is 10.3 Å². The number of aliphatic hydroxyl groups is 1. The standard InChI is InChI=1S/C17H22N2O2/c20-13-5-9-15-8-4-11-18-16(15)17(21)19-12-10-14-6-2-1-3-7-14/h4,8,11,14,20H,1-3,6-7,10,12-13H2,(H,19,21).